The van der Waals surface area contributed by atoms with Crippen LogP contribution in [0.3, 0.4) is 0 Å². The Labute approximate surface area is 101 Å². The van der Waals surface area contributed by atoms with Crippen LogP contribution in [0.5, 0.6) is 5.75 Å². The van der Waals surface area contributed by atoms with Gasteiger partial charge in [0.25, 0.3) is 0 Å². The van der Waals surface area contributed by atoms with Crippen molar-refractivity contribution in [3.63, 3.8) is 0 Å². The Hall–Kier alpha value is -0.660. The highest BCUT2D eigenvalue weighted by Crippen LogP contribution is 2.26. The van der Waals surface area contributed by atoms with E-state index in [1.54, 1.807) is 0 Å². The molecule has 1 aromatic rings. The quantitative estimate of drug-likeness (QED) is 0.758. The minimum Gasteiger partial charge on any atom is -0.488 e. The summed E-state index contributed by atoms with van der Waals surface area (Å²) in [5.41, 5.74) is 2.50. The number of hydrogen-bond donors (Lipinski definition) is 0. The number of para-hydroxylation sites is 1. The van der Waals surface area contributed by atoms with Gasteiger partial charge in [0.05, 0.1) is 5.03 Å². The predicted octanol–water partition coefficient (Wildman–Crippen LogP) is 4.51. The first-order valence-corrected chi connectivity index (χ1v) is 5.63. The van der Waals surface area contributed by atoms with Gasteiger partial charge in [-0.3, -0.25) is 0 Å². The molecular weight excluding hydrogens is 231 g/mol. The van der Waals surface area contributed by atoms with Crippen LogP contribution in [0.25, 0.3) is 0 Å². The number of halogens is 2. The summed E-state index contributed by atoms with van der Waals surface area (Å²) < 4.78 is 5.57. The predicted molar refractivity (Wildman–Crippen MR) is 65.8 cm³/mol. The molecule has 0 bridgehead atoms. The van der Waals surface area contributed by atoms with Crippen LogP contribution in [-0.4, -0.2) is 6.61 Å². The molecule has 1 nitrogen and oxygen atoms in total. The molecule has 1 rings (SSSR count). The van der Waals surface area contributed by atoms with E-state index in [0.717, 1.165) is 5.75 Å². The zero-order valence-electron chi connectivity index (χ0n) is 8.84. The first-order chi connectivity index (χ1) is 7.15. The fraction of sp³-hybridized carbons (Fsp3) is 0.333. The third-order valence-corrected chi connectivity index (χ3v) is 2.62. The molecule has 0 spiro atoms. The minimum absolute atomic E-state index is 0.314. The van der Waals surface area contributed by atoms with E-state index in [2.05, 4.69) is 19.9 Å². The highest BCUT2D eigenvalue weighted by molar-refractivity contribution is 6.36. The standard InChI is InChI=1S/C12H14Cl2O/c1-9(2)11-5-3-4-6-12(11)15-8-10(14)7-13/h3-7,9H,8H2,1-2H3. The summed E-state index contributed by atoms with van der Waals surface area (Å²) in [5, 5.41) is 0.496. The molecule has 82 valence electrons. The van der Waals surface area contributed by atoms with Crippen molar-refractivity contribution in [3.05, 3.63) is 40.4 Å². The third-order valence-electron chi connectivity index (χ3n) is 2.02. The Balaban J connectivity index is 2.76. The van der Waals surface area contributed by atoms with Crippen molar-refractivity contribution in [1.82, 2.24) is 0 Å². The molecule has 0 aliphatic carbocycles. The number of benzene rings is 1. The Morgan fingerprint density at radius 3 is 2.67 bits per heavy atom. The van der Waals surface area contributed by atoms with Gasteiger partial charge >= 0.3 is 0 Å². The van der Waals surface area contributed by atoms with E-state index in [0.29, 0.717) is 17.6 Å². The lowest BCUT2D eigenvalue weighted by Gasteiger charge is -2.13. The third kappa shape index (κ3) is 3.77. The van der Waals surface area contributed by atoms with Gasteiger partial charge in [0.2, 0.25) is 0 Å². The van der Waals surface area contributed by atoms with E-state index in [9.17, 15) is 0 Å². The lowest BCUT2D eigenvalue weighted by Crippen LogP contribution is -2.00. The van der Waals surface area contributed by atoms with Crippen LogP contribution in [0.4, 0.5) is 0 Å². The normalized spacial score (nSPS) is 11.9. The molecule has 0 aromatic heterocycles. The van der Waals surface area contributed by atoms with Gasteiger partial charge in [-0.2, -0.15) is 0 Å². The van der Waals surface area contributed by atoms with Crippen molar-refractivity contribution in [3.8, 4) is 5.75 Å². The summed E-state index contributed by atoms with van der Waals surface area (Å²) in [6, 6.07) is 7.94. The van der Waals surface area contributed by atoms with Gasteiger partial charge in [-0.1, -0.05) is 55.2 Å². The second-order valence-corrected chi connectivity index (χ2v) is 4.24. The van der Waals surface area contributed by atoms with Gasteiger partial charge in [-0.25, -0.2) is 0 Å². The lowest BCUT2D eigenvalue weighted by atomic mass is 10.0. The topological polar surface area (TPSA) is 9.23 Å². The van der Waals surface area contributed by atoms with Crippen LogP contribution in [-0.2, 0) is 0 Å². The Kier molecular flexibility index (Phi) is 5.00. The zero-order valence-corrected chi connectivity index (χ0v) is 10.3. The van der Waals surface area contributed by atoms with Crippen molar-refractivity contribution in [2.75, 3.05) is 6.61 Å². The maximum absolute atomic E-state index is 5.75. The van der Waals surface area contributed by atoms with Crippen LogP contribution >= 0.6 is 23.2 Å². The van der Waals surface area contributed by atoms with Crippen LogP contribution in [0, 0.1) is 0 Å². The highest BCUT2D eigenvalue weighted by Gasteiger charge is 2.06. The largest absolute Gasteiger partial charge is 0.488 e. The van der Waals surface area contributed by atoms with E-state index in [1.165, 1.54) is 11.1 Å². The molecule has 0 saturated heterocycles. The molecule has 1 aromatic carbocycles. The Morgan fingerprint density at radius 2 is 2.07 bits per heavy atom. The molecule has 0 N–H and O–H groups in total. The maximum Gasteiger partial charge on any atom is 0.125 e. The van der Waals surface area contributed by atoms with Crippen molar-refractivity contribution in [2.45, 2.75) is 19.8 Å². The summed E-state index contributed by atoms with van der Waals surface area (Å²) in [4.78, 5) is 0. The molecule has 0 radical (unpaired) electrons. The van der Waals surface area contributed by atoms with Gasteiger partial charge in [0.1, 0.15) is 12.4 Å². The highest BCUT2D eigenvalue weighted by atomic mass is 35.5. The number of rotatable bonds is 4. The molecule has 0 amide bonds. The van der Waals surface area contributed by atoms with Crippen LogP contribution in [0.15, 0.2) is 34.8 Å². The van der Waals surface area contributed by atoms with Gasteiger partial charge in [0, 0.05) is 5.54 Å². The molecule has 3 heteroatoms. The minimum atomic E-state index is 0.314. The molecule has 0 atom stereocenters. The van der Waals surface area contributed by atoms with E-state index < -0.39 is 0 Å². The van der Waals surface area contributed by atoms with Crippen LogP contribution in [0.2, 0.25) is 0 Å². The molecule has 0 fully saturated rings. The fourth-order valence-corrected chi connectivity index (χ4v) is 1.38. The van der Waals surface area contributed by atoms with Crippen molar-refractivity contribution in [2.24, 2.45) is 0 Å². The summed E-state index contributed by atoms with van der Waals surface area (Å²) in [6.45, 7) is 4.57. The van der Waals surface area contributed by atoms with Crippen molar-refractivity contribution < 1.29 is 4.74 Å². The SMILES string of the molecule is CC(C)c1ccccc1OCC(Cl)=CCl. The summed E-state index contributed by atoms with van der Waals surface area (Å²) >= 11 is 11.2. The van der Waals surface area contributed by atoms with Crippen LogP contribution < -0.4 is 4.74 Å². The molecule has 0 unspecified atom stereocenters. The van der Waals surface area contributed by atoms with Crippen molar-refractivity contribution in [1.29, 1.82) is 0 Å². The molecule has 0 aliphatic rings. The molecule has 0 heterocycles. The van der Waals surface area contributed by atoms with Crippen molar-refractivity contribution >= 4 is 23.2 Å². The second-order valence-electron chi connectivity index (χ2n) is 3.54. The lowest BCUT2D eigenvalue weighted by molar-refractivity contribution is 0.354. The average Bonchev–Trinajstić information content (AvgIpc) is 2.26. The fourth-order valence-electron chi connectivity index (χ4n) is 1.27. The summed E-state index contributed by atoms with van der Waals surface area (Å²) in [5.74, 6) is 1.30. The van der Waals surface area contributed by atoms with Gasteiger partial charge in [0.15, 0.2) is 0 Å². The monoisotopic (exact) mass is 244 g/mol. The van der Waals surface area contributed by atoms with Gasteiger partial charge in [-0.05, 0) is 17.5 Å². The Bertz CT molecular complexity index is 345. The molecular formula is C12H14Cl2O. The molecule has 0 saturated carbocycles. The average molecular weight is 245 g/mol. The van der Waals surface area contributed by atoms with E-state index in [-0.39, 0.29) is 0 Å². The second kappa shape index (κ2) is 6.04. The number of hydrogen-bond acceptors (Lipinski definition) is 1. The van der Waals surface area contributed by atoms with Gasteiger partial charge < -0.3 is 4.74 Å². The maximum atomic E-state index is 5.75. The van der Waals surface area contributed by atoms with E-state index in [1.807, 2.05) is 18.2 Å². The molecule has 15 heavy (non-hydrogen) atoms. The molecule has 0 aliphatic heterocycles. The van der Waals surface area contributed by atoms with E-state index in [4.69, 9.17) is 27.9 Å². The smallest absolute Gasteiger partial charge is 0.125 e. The van der Waals surface area contributed by atoms with Gasteiger partial charge in [-0.15, -0.1) is 0 Å². The Morgan fingerprint density at radius 1 is 1.40 bits per heavy atom. The zero-order chi connectivity index (χ0) is 11.3. The van der Waals surface area contributed by atoms with E-state index >= 15 is 0 Å². The first-order valence-electron chi connectivity index (χ1n) is 4.81. The first kappa shape index (κ1) is 12.4. The number of ether oxygens (including phenoxy) is 1. The van der Waals surface area contributed by atoms with Crippen LogP contribution in [0.1, 0.15) is 25.3 Å². The summed E-state index contributed by atoms with van der Waals surface area (Å²) in [6.07, 6.45) is 0. The summed E-state index contributed by atoms with van der Waals surface area (Å²) in [7, 11) is 0.